The standard InChI is InChI=1S/C36H60N2/c1-7-9-11-13-15-23-29-33(31-25-19-17-20-26-31)35(3,4)37-38-36(5,6)34(32-27-21-18-22-28-32)30-24-16-14-12-10-8-2/h17-22,25-28,33-34,37-38H,7-16,23-24,29-30H2,1-6H3. The second kappa shape index (κ2) is 17.9. The van der Waals surface area contributed by atoms with Crippen LogP contribution in [0.5, 0.6) is 0 Å². The minimum Gasteiger partial charge on any atom is -0.251 e. The zero-order valence-corrected chi connectivity index (χ0v) is 25.8. The first-order valence-electron chi connectivity index (χ1n) is 16.0. The van der Waals surface area contributed by atoms with E-state index in [0.717, 1.165) is 0 Å². The summed E-state index contributed by atoms with van der Waals surface area (Å²) in [6.45, 7) is 14.1. The molecular weight excluding hydrogens is 460 g/mol. The Labute approximate surface area is 236 Å². The Morgan fingerprint density at radius 1 is 0.474 bits per heavy atom. The lowest BCUT2D eigenvalue weighted by atomic mass is 9.77. The van der Waals surface area contributed by atoms with Gasteiger partial charge in [0.1, 0.15) is 0 Å². The lowest BCUT2D eigenvalue weighted by Crippen LogP contribution is -2.60. The van der Waals surface area contributed by atoms with Crippen molar-refractivity contribution in [2.75, 3.05) is 0 Å². The van der Waals surface area contributed by atoms with Crippen LogP contribution in [-0.4, -0.2) is 11.1 Å². The molecule has 0 saturated heterocycles. The average Bonchev–Trinajstić information content (AvgIpc) is 2.92. The number of hydrazine groups is 1. The van der Waals surface area contributed by atoms with E-state index < -0.39 is 0 Å². The molecular formula is C36H60N2. The van der Waals surface area contributed by atoms with Crippen LogP contribution in [0.25, 0.3) is 0 Å². The molecule has 2 unspecified atom stereocenters. The number of unbranched alkanes of at least 4 members (excludes halogenated alkanes) is 10. The summed E-state index contributed by atoms with van der Waals surface area (Å²) in [5.41, 5.74) is 10.5. The van der Waals surface area contributed by atoms with E-state index in [4.69, 9.17) is 0 Å². The molecule has 2 heteroatoms. The summed E-state index contributed by atoms with van der Waals surface area (Å²) in [4.78, 5) is 0. The molecule has 0 aliphatic heterocycles. The summed E-state index contributed by atoms with van der Waals surface area (Å²) >= 11 is 0. The van der Waals surface area contributed by atoms with E-state index in [1.165, 1.54) is 101 Å². The number of benzene rings is 2. The number of nitrogens with one attached hydrogen (secondary N) is 2. The van der Waals surface area contributed by atoms with Crippen molar-refractivity contribution in [1.82, 2.24) is 10.9 Å². The fourth-order valence-electron chi connectivity index (χ4n) is 6.01. The van der Waals surface area contributed by atoms with Gasteiger partial charge in [0.2, 0.25) is 0 Å². The minimum absolute atomic E-state index is 0.0660. The van der Waals surface area contributed by atoms with Crippen LogP contribution in [-0.2, 0) is 0 Å². The number of rotatable bonds is 21. The molecule has 0 radical (unpaired) electrons. The van der Waals surface area contributed by atoms with Crippen LogP contribution < -0.4 is 10.9 Å². The maximum atomic E-state index is 3.88. The summed E-state index contributed by atoms with van der Waals surface area (Å²) in [7, 11) is 0. The normalized spacial score (nSPS) is 13.9. The van der Waals surface area contributed by atoms with Crippen LogP contribution in [0.4, 0.5) is 0 Å². The summed E-state index contributed by atoms with van der Waals surface area (Å²) in [5, 5.41) is 0. The molecule has 0 saturated carbocycles. The van der Waals surface area contributed by atoms with Gasteiger partial charge < -0.3 is 0 Å². The highest BCUT2D eigenvalue weighted by atomic mass is 15.4. The molecule has 214 valence electrons. The van der Waals surface area contributed by atoms with Gasteiger partial charge in [-0.05, 0) is 51.7 Å². The fourth-order valence-corrected chi connectivity index (χ4v) is 6.01. The Balaban J connectivity index is 2.07. The zero-order chi connectivity index (χ0) is 27.7. The summed E-state index contributed by atoms with van der Waals surface area (Å²) in [5.74, 6) is 0.929. The van der Waals surface area contributed by atoms with E-state index in [0.29, 0.717) is 11.8 Å². The molecule has 2 atom stereocenters. The van der Waals surface area contributed by atoms with Gasteiger partial charge >= 0.3 is 0 Å². The van der Waals surface area contributed by atoms with Gasteiger partial charge in [0.05, 0.1) is 0 Å². The highest BCUT2D eigenvalue weighted by Crippen LogP contribution is 2.36. The SMILES string of the molecule is CCCCCCCCC(c1ccccc1)C(C)(C)NNC(C)(C)C(CCCCCCCC)c1ccccc1. The van der Waals surface area contributed by atoms with Crippen molar-refractivity contribution in [3.8, 4) is 0 Å². The molecule has 2 nitrogen and oxygen atoms in total. The first kappa shape index (κ1) is 32.6. The molecule has 0 aromatic heterocycles. The Morgan fingerprint density at radius 3 is 1.13 bits per heavy atom. The number of hydrogen-bond donors (Lipinski definition) is 2. The van der Waals surface area contributed by atoms with Crippen LogP contribution in [0.1, 0.15) is 154 Å². The zero-order valence-electron chi connectivity index (χ0n) is 25.8. The molecule has 0 amide bonds. The Morgan fingerprint density at radius 2 is 0.789 bits per heavy atom. The monoisotopic (exact) mass is 520 g/mol. The third-order valence-corrected chi connectivity index (χ3v) is 8.55. The summed E-state index contributed by atoms with van der Waals surface area (Å²) in [6.07, 6.45) is 18.6. The van der Waals surface area contributed by atoms with Crippen LogP contribution in [0, 0.1) is 0 Å². The van der Waals surface area contributed by atoms with E-state index in [1.54, 1.807) is 0 Å². The molecule has 0 fully saturated rings. The third-order valence-electron chi connectivity index (χ3n) is 8.55. The van der Waals surface area contributed by atoms with Gasteiger partial charge in [-0.25, -0.2) is 0 Å². The highest BCUT2D eigenvalue weighted by molar-refractivity contribution is 5.25. The molecule has 2 aromatic carbocycles. The minimum atomic E-state index is -0.0660. The molecule has 0 aliphatic carbocycles. The summed E-state index contributed by atoms with van der Waals surface area (Å²) in [6, 6.07) is 22.4. The first-order valence-corrected chi connectivity index (χ1v) is 16.0. The molecule has 2 N–H and O–H groups in total. The van der Waals surface area contributed by atoms with Gasteiger partial charge in [-0.3, -0.25) is 10.9 Å². The predicted molar refractivity (Wildman–Crippen MR) is 169 cm³/mol. The van der Waals surface area contributed by atoms with Crippen LogP contribution in [0.2, 0.25) is 0 Å². The smallest absolute Gasteiger partial charge is 0.0336 e. The largest absolute Gasteiger partial charge is 0.251 e. The van der Waals surface area contributed by atoms with E-state index >= 15 is 0 Å². The van der Waals surface area contributed by atoms with Crippen molar-refractivity contribution < 1.29 is 0 Å². The van der Waals surface area contributed by atoms with E-state index in [9.17, 15) is 0 Å². The maximum absolute atomic E-state index is 3.88. The topological polar surface area (TPSA) is 24.1 Å². The van der Waals surface area contributed by atoms with Crippen LogP contribution in [0.15, 0.2) is 60.7 Å². The van der Waals surface area contributed by atoms with Gasteiger partial charge in [-0.2, -0.15) is 0 Å². The van der Waals surface area contributed by atoms with Crippen molar-refractivity contribution in [3.63, 3.8) is 0 Å². The van der Waals surface area contributed by atoms with E-state index in [1.807, 2.05) is 0 Å². The van der Waals surface area contributed by atoms with Crippen molar-refractivity contribution in [3.05, 3.63) is 71.8 Å². The summed E-state index contributed by atoms with van der Waals surface area (Å²) < 4.78 is 0. The van der Waals surface area contributed by atoms with Gasteiger partial charge in [0.15, 0.2) is 0 Å². The molecule has 38 heavy (non-hydrogen) atoms. The van der Waals surface area contributed by atoms with E-state index in [-0.39, 0.29) is 11.1 Å². The lowest BCUT2D eigenvalue weighted by Gasteiger charge is -2.42. The van der Waals surface area contributed by atoms with Gasteiger partial charge in [-0.15, -0.1) is 0 Å². The highest BCUT2D eigenvalue weighted by Gasteiger charge is 2.35. The molecule has 0 heterocycles. The predicted octanol–water partition coefficient (Wildman–Crippen LogP) is 10.7. The second-order valence-electron chi connectivity index (χ2n) is 12.7. The van der Waals surface area contributed by atoms with Crippen LogP contribution in [0.3, 0.4) is 0 Å². The Bertz CT molecular complexity index is 755. The number of hydrogen-bond acceptors (Lipinski definition) is 2. The third kappa shape index (κ3) is 11.6. The van der Waals surface area contributed by atoms with E-state index in [2.05, 4.69) is 113 Å². The van der Waals surface area contributed by atoms with Gasteiger partial charge in [0, 0.05) is 22.9 Å². The van der Waals surface area contributed by atoms with Crippen molar-refractivity contribution >= 4 is 0 Å². The van der Waals surface area contributed by atoms with Gasteiger partial charge in [0.25, 0.3) is 0 Å². The molecule has 2 rings (SSSR count). The first-order chi connectivity index (χ1) is 18.3. The van der Waals surface area contributed by atoms with Crippen molar-refractivity contribution in [1.29, 1.82) is 0 Å². The average molecular weight is 521 g/mol. The molecule has 2 aromatic rings. The second-order valence-corrected chi connectivity index (χ2v) is 12.7. The molecule has 0 aliphatic rings. The Kier molecular flexibility index (Phi) is 15.3. The maximum Gasteiger partial charge on any atom is 0.0336 e. The molecule has 0 spiro atoms. The fraction of sp³-hybridized carbons (Fsp3) is 0.667. The lowest BCUT2D eigenvalue weighted by molar-refractivity contribution is 0.184. The van der Waals surface area contributed by atoms with Crippen molar-refractivity contribution in [2.24, 2.45) is 0 Å². The van der Waals surface area contributed by atoms with Crippen molar-refractivity contribution in [2.45, 2.75) is 154 Å². The molecule has 0 bridgehead atoms. The van der Waals surface area contributed by atoms with Crippen LogP contribution >= 0.6 is 0 Å². The van der Waals surface area contributed by atoms with Gasteiger partial charge in [-0.1, -0.05) is 152 Å². The quantitative estimate of drug-likeness (QED) is 0.126. The Hall–Kier alpha value is -1.64.